The van der Waals surface area contributed by atoms with Gasteiger partial charge in [0.2, 0.25) is 0 Å². The van der Waals surface area contributed by atoms with E-state index in [4.69, 9.17) is 4.74 Å². The largest absolute Gasteiger partial charge is 0.393 e. The smallest absolute Gasteiger partial charge is 0.0602 e. The number of aliphatic hydroxyl groups is 1. The van der Waals surface area contributed by atoms with E-state index in [1.165, 1.54) is 25.7 Å². The van der Waals surface area contributed by atoms with Crippen molar-refractivity contribution >= 4 is 0 Å². The zero-order chi connectivity index (χ0) is 9.26. The van der Waals surface area contributed by atoms with Crippen LogP contribution in [0.5, 0.6) is 0 Å². The Morgan fingerprint density at radius 2 is 2.00 bits per heavy atom. The number of methoxy groups -OCH3 is 1. The van der Waals surface area contributed by atoms with Crippen molar-refractivity contribution in [2.75, 3.05) is 7.11 Å². The maximum absolute atomic E-state index is 9.57. The predicted octanol–water partition coefficient (Wildman–Crippen LogP) is 1.96. The molecule has 2 nitrogen and oxygen atoms in total. The van der Waals surface area contributed by atoms with Gasteiger partial charge in [-0.3, -0.25) is 0 Å². The summed E-state index contributed by atoms with van der Waals surface area (Å²) < 4.78 is 5.51. The van der Waals surface area contributed by atoms with E-state index in [2.05, 4.69) is 0 Å². The van der Waals surface area contributed by atoms with E-state index in [9.17, 15) is 5.11 Å². The normalized spacial score (nSPS) is 45.7. The minimum Gasteiger partial charge on any atom is -0.393 e. The van der Waals surface area contributed by atoms with E-state index >= 15 is 0 Å². The van der Waals surface area contributed by atoms with E-state index in [1.807, 2.05) is 7.11 Å². The fraction of sp³-hybridized carbons (Fsp3) is 1.00. The van der Waals surface area contributed by atoms with Crippen LogP contribution in [0.2, 0.25) is 0 Å². The Bertz CT molecular complexity index is 169. The lowest BCUT2D eigenvalue weighted by Gasteiger charge is -2.42. The van der Waals surface area contributed by atoms with Crippen LogP contribution in [0.3, 0.4) is 0 Å². The molecule has 0 aromatic rings. The maximum Gasteiger partial charge on any atom is 0.0602 e. The Labute approximate surface area is 80.3 Å². The molecule has 0 heterocycles. The quantitative estimate of drug-likeness (QED) is 0.675. The first-order chi connectivity index (χ1) is 6.31. The summed E-state index contributed by atoms with van der Waals surface area (Å²) in [6.07, 6.45) is 7.44. The van der Waals surface area contributed by atoms with Crippen LogP contribution in [-0.4, -0.2) is 24.4 Å². The van der Waals surface area contributed by atoms with E-state index in [0.29, 0.717) is 6.10 Å². The van der Waals surface area contributed by atoms with Crippen LogP contribution in [-0.2, 0) is 4.74 Å². The summed E-state index contributed by atoms with van der Waals surface area (Å²) in [7, 11) is 1.83. The van der Waals surface area contributed by atoms with Crippen LogP contribution in [0.1, 0.15) is 38.5 Å². The lowest BCUT2D eigenvalue weighted by Crippen LogP contribution is -2.39. The average molecular weight is 184 g/mol. The zero-order valence-corrected chi connectivity index (χ0v) is 8.41. The van der Waals surface area contributed by atoms with Gasteiger partial charge in [-0.1, -0.05) is 6.42 Å². The van der Waals surface area contributed by atoms with E-state index in [0.717, 1.165) is 24.7 Å². The highest BCUT2D eigenvalue weighted by atomic mass is 16.5. The van der Waals surface area contributed by atoms with Crippen LogP contribution < -0.4 is 0 Å². The summed E-state index contributed by atoms with van der Waals surface area (Å²) in [5.41, 5.74) is 0. The summed E-state index contributed by atoms with van der Waals surface area (Å²) in [6, 6.07) is 0. The summed E-state index contributed by atoms with van der Waals surface area (Å²) in [6.45, 7) is 0. The third-order valence-electron chi connectivity index (χ3n) is 3.86. The standard InChI is InChI=1S/C11H20O2/c1-13-11-4-2-3-8-7-9(12)5-6-10(8)11/h8-12H,2-7H2,1H3. The van der Waals surface area contributed by atoms with Crippen molar-refractivity contribution in [3.8, 4) is 0 Å². The monoisotopic (exact) mass is 184 g/mol. The Morgan fingerprint density at radius 1 is 1.15 bits per heavy atom. The molecule has 4 atom stereocenters. The fourth-order valence-corrected chi connectivity index (χ4v) is 3.17. The summed E-state index contributed by atoms with van der Waals surface area (Å²) in [4.78, 5) is 0. The molecule has 76 valence electrons. The second-order valence-corrected chi connectivity index (χ2v) is 4.60. The molecule has 0 bridgehead atoms. The molecule has 1 N–H and O–H groups in total. The minimum atomic E-state index is -0.0307. The molecule has 0 aliphatic heterocycles. The van der Waals surface area contributed by atoms with Gasteiger partial charge in [-0.25, -0.2) is 0 Å². The molecule has 2 aliphatic carbocycles. The maximum atomic E-state index is 9.57. The second-order valence-electron chi connectivity index (χ2n) is 4.60. The summed E-state index contributed by atoms with van der Waals surface area (Å²) in [5.74, 6) is 1.48. The molecule has 0 spiro atoms. The van der Waals surface area contributed by atoms with Crippen molar-refractivity contribution in [3.63, 3.8) is 0 Å². The minimum absolute atomic E-state index is 0.0307. The van der Waals surface area contributed by atoms with Gasteiger partial charge in [0, 0.05) is 7.11 Å². The molecule has 2 saturated carbocycles. The first-order valence-electron chi connectivity index (χ1n) is 5.52. The van der Waals surface area contributed by atoms with E-state index in [-0.39, 0.29) is 6.10 Å². The number of fused-ring (bicyclic) bond motifs is 1. The van der Waals surface area contributed by atoms with Gasteiger partial charge in [0.25, 0.3) is 0 Å². The third-order valence-corrected chi connectivity index (χ3v) is 3.86. The Morgan fingerprint density at radius 3 is 2.77 bits per heavy atom. The topological polar surface area (TPSA) is 29.5 Å². The molecule has 0 radical (unpaired) electrons. The van der Waals surface area contributed by atoms with Gasteiger partial charge in [0.05, 0.1) is 12.2 Å². The predicted molar refractivity (Wildman–Crippen MR) is 51.5 cm³/mol. The SMILES string of the molecule is COC1CCCC2CC(O)CCC21. The van der Waals surface area contributed by atoms with Gasteiger partial charge in [-0.2, -0.15) is 0 Å². The molecule has 2 rings (SSSR count). The highest BCUT2D eigenvalue weighted by Gasteiger charge is 2.37. The van der Waals surface area contributed by atoms with Crippen molar-refractivity contribution in [2.45, 2.75) is 50.7 Å². The van der Waals surface area contributed by atoms with E-state index in [1.54, 1.807) is 0 Å². The Hall–Kier alpha value is -0.0800. The molecule has 4 unspecified atom stereocenters. The Kier molecular flexibility index (Phi) is 2.89. The van der Waals surface area contributed by atoms with Crippen LogP contribution in [0.15, 0.2) is 0 Å². The zero-order valence-electron chi connectivity index (χ0n) is 8.41. The fourth-order valence-electron chi connectivity index (χ4n) is 3.17. The van der Waals surface area contributed by atoms with Crippen molar-refractivity contribution in [1.29, 1.82) is 0 Å². The number of hydrogen-bond donors (Lipinski definition) is 1. The summed E-state index contributed by atoms with van der Waals surface area (Å²) in [5, 5.41) is 9.57. The van der Waals surface area contributed by atoms with Crippen molar-refractivity contribution in [2.24, 2.45) is 11.8 Å². The average Bonchev–Trinajstić information content (AvgIpc) is 2.16. The number of aliphatic hydroxyl groups excluding tert-OH is 1. The van der Waals surface area contributed by atoms with Crippen LogP contribution in [0.25, 0.3) is 0 Å². The van der Waals surface area contributed by atoms with Crippen LogP contribution >= 0.6 is 0 Å². The number of rotatable bonds is 1. The second kappa shape index (κ2) is 3.97. The van der Waals surface area contributed by atoms with Gasteiger partial charge in [0.15, 0.2) is 0 Å². The molecule has 2 aliphatic rings. The molecule has 13 heavy (non-hydrogen) atoms. The van der Waals surface area contributed by atoms with Crippen LogP contribution in [0, 0.1) is 11.8 Å². The molecule has 2 heteroatoms. The molecular formula is C11H20O2. The molecule has 0 amide bonds. The van der Waals surface area contributed by atoms with Gasteiger partial charge in [-0.15, -0.1) is 0 Å². The van der Waals surface area contributed by atoms with Crippen molar-refractivity contribution in [3.05, 3.63) is 0 Å². The molecule has 0 aromatic heterocycles. The lowest BCUT2D eigenvalue weighted by atomic mass is 9.68. The highest BCUT2D eigenvalue weighted by molar-refractivity contribution is 4.88. The lowest BCUT2D eigenvalue weighted by molar-refractivity contribution is -0.0468. The number of hydrogen-bond acceptors (Lipinski definition) is 2. The molecular weight excluding hydrogens is 164 g/mol. The van der Waals surface area contributed by atoms with Gasteiger partial charge >= 0.3 is 0 Å². The first kappa shape index (κ1) is 9.47. The third kappa shape index (κ3) is 1.89. The number of ether oxygens (including phenoxy) is 1. The van der Waals surface area contributed by atoms with Gasteiger partial charge in [0.1, 0.15) is 0 Å². The molecule has 0 saturated heterocycles. The molecule has 2 fully saturated rings. The highest BCUT2D eigenvalue weighted by Crippen LogP contribution is 2.41. The first-order valence-corrected chi connectivity index (χ1v) is 5.52. The van der Waals surface area contributed by atoms with Gasteiger partial charge < -0.3 is 9.84 Å². The van der Waals surface area contributed by atoms with E-state index < -0.39 is 0 Å². The van der Waals surface area contributed by atoms with Crippen molar-refractivity contribution in [1.82, 2.24) is 0 Å². The van der Waals surface area contributed by atoms with Crippen LogP contribution in [0.4, 0.5) is 0 Å². The van der Waals surface area contributed by atoms with Crippen molar-refractivity contribution < 1.29 is 9.84 Å². The van der Waals surface area contributed by atoms with Gasteiger partial charge in [-0.05, 0) is 43.9 Å². The molecule has 0 aromatic carbocycles. The Balaban J connectivity index is 1.99. The summed E-state index contributed by atoms with van der Waals surface area (Å²) >= 11 is 0.